The fourth-order valence-electron chi connectivity index (χ4n) is 0.293. The second kappa shape index (κ2) is 14.5. The van der Waals surface area contributed by atoms with E-state index in [2.05, 4.69) is 82.2 Å². The van der Waals surface area contributed by atoms with E-state index >= 15 is 0 Å². The molecule has 0 amide bonds. The lowest BCUT2D eigenvalue weighted by atomic mass is 12.3. The molecule has 0 unspecified atom stereocenters. The molecule has 0 aliphatic heterocycles. The Morgan fingerprint density at radius 3 is 1.85 bits per heavy atom. The lowest BCUT2D eigenvalue weighted by molar-refractivity contribution is -0.786. The van der Waals surface area contributed by atoms with Gasteiger partial charge >= 0.3 is 0 Å². The van der Waals surface area contributed by atoms with Gasteiger partial charge in [-0.3, -0.25) is 0 Å². The van der Waals surface area contributed by atoms with Gasteiger partial charge in [-0.05, 0) is 61.3 Å². The van der Waals surface area contributed by atoms with Crippen LogP contribution in [0, 0.1) is 5.53 Å². The Labute approximate surface area is 105 Å². The third-order valence-electron chi connectivity index (χ3n) is 0.675. The summed E-state index contributed by atoms with van der Waals surface area (Å²) in [5, 5.41) is 56.7. The van der Waals surface area contributed by atoms with E-state index in [0.717, 1.165) is 0 Å². The van der Waals surface area contributed by atoms with Crippen molar-refractivity contribution in [3.8, 4) is 0 Å². The van der Waals surface area contributed by atoms with Crippen molar-refractivity contribution in [1.82, 2.24) is 5.34 Å². The first kappa shape index (κ1) is 17.4. The summed E-state index contributed by atoms with van der Waals surface area (Å²) in [5.74, 6) is 0. The second-order valence-corrected chi connectivity index (χ2v) is 1.56. The summed E-state index contributed by atoms with van der Waals surface area (Å²) in [6.45, 7) is 0. The molecule has 0 radical (unpaired) electrons. The molecule has 20 heteroatoms. The first-order valence-corrected chi connectivity index (χ1v) is 3.59. The van der Waals surface area contributed by atoms with Crippen LogP contribution in [0.2, 0.25) is 0 Å². The standard InChI is InChI=1S/H3N11O9/c1-2-3-4-5-6-7-8-9-10-11(14-18-16-12)15-19-20-17-13/h1,12-13H/b2-1?,4-3+,6-5+,8-7+,10-9+. The molecule has 0 atom stereocenters. The lowest BCUT2D eigenvalue weighted by Crippen LogP contribution is -2.19. The Kier molecular flexibility index (Phi) is 12.6. The van der Waals surface area contributed by atoms with Crippen molar-refractivity contribution in [1.29, 1.82) is 5.53 Å². The van der Waals surface area contributed by atoms with E-state index in [1.165, 1.54) is 0 Å². The largest absolute Gasteiger partial charge is 0.219 e. The highest BCUT2D eigenvalue weighted by atomic mass is 17.8. The van der Waals surface area contributed by atoms with E-state index < -0.39 is 0 Å². The molecule has 0 aromatic heterocycles. The van der Waals surface area contributed by atoms with Gasteiger partial charge in [0.2, 0.25) is 0 Å². The van der Waals surface area contributed by atoms with Crippen LogP contribution in [0.25, 0.3) is 0 Å². The maximum atomic E-state index is 7.75. The van der Waals surface area contributed by atoms with Crippen LogP contribution in [0.15, 0.2) is 47.0 Å². The minimum Gasteiger partial charge on any atom is -0.219 e. The number of nitrogens with one attached hydrogen (secondary N) is 1. The van der Waals surface area contributed by atoms with Crippen molar-refractivity contribution in [2.45, 2.75) is 0 Å². The zero-order chi connectivity index (χ0) is 14.9. The molecule has 0 aromatic carbocycles. The molecule has 20 nitrogen and oxygen atoms in total. The molecule has 0 rings (SSSR count). The van der Waals surface area contributed by atoms with E-state index in [0.29, 0.717) is 0 Å². The Morgan fingerprint density at radius 1 is 0.700 bits per heavy atom. The Bertz CT molecular complexity index is 335. The molecule has 0 saturated heterocycles. The average Bonchev–Trinajstić information content (AvgIpc) is 2.47. The molecule has 0 aliphatic carbocycles. The van der Waals surface area contributed by atoms with Gasteiger partial charge in [-0.15, -0.1) is 0 Å². The van der Waals surface area contributed by atoms with E-state index in [1.54, 1.807) is 0 Å². The highest BCUT2D eigenvalue weighted by Crippen LogP contribution is 1.98. The summed E-state index contributed by atoms with van der Waals surface area (Å²) in [6, 6.07) is 0. The monoisotopic (exact) mass is 301 g/mol. The number of nitrogens with zero attached hydrogens (tertiary/aromatic N) is 10. The third kappa shape index (κ3) is 11.9. The molecule has 0 aromatic rings. The second-order valence-electron chi connectivity index (χ2n) is 1.56. The van der Waals surface area contributed by atoms with Crippen LogP contribution in [-0.4, -0.2) is 15.8 Å². The predicted molar refractivity (Wildman–Crippen MR) is 39.3 cm³/mol. The SMILES string of the molecule is N=N/N=N/N=N/N=N/N=N/N(OOOO)OOOOO. The fraction of sp³-hybridized carbons (Fsp3) is 0. The minimum atomic E-state index is -0.177. The third-order valence-corrected chi connectivity index (χ3v) is 0.675. The van der Waals surface area contributed by atoms with Crippen LogP contribution in [0.4, 0.5) is 0 Å². The van der Waals surface area contributed by atoms with E-state index in [1.807, 2.05) is 0 Å². The van der Waals surface area contributed by atoms with Crippen molar-refractivity contribution in [2.24, 2.45) is 47.0 Å². The van der Waals surface area contributed by atoms with Gasteiger partial charge in [0.05, 0.1) is 5.34 Å². The quantitative estimate of drug-likeness (QED) is 0.201. The number of rotatable bonds is 12. The van der Waals surface area contributed by atoms with Gasteiger partial charge in [0, 0.05) is 20.9 Å². The summed E-state index contributed by atoms with van der Waals surface area (Å²) in [4.78, 5) is 7.66. The molecule has 20 heavy (non-hydrogen) atoms. The lowest BCUT2D eigenvalue weighted by Gasteiger charge is -2.06. The average molecular weight is 301 g/mol. The zero-order valence-electron chi connectivity index (χ0n) is 8.72. The topological polar surface area (TPSA) is 243 Å². The van der Waals surface area contributed by atoms with E-state index in [-0.39, 0.29) is 5.34 Å². The van der Waals surface area contributed by atoms with Crippen LogP contribution in [0.1, 0.15) is 0 Å². The van der Waals surface area contributed by atoms with Gasteiger partial charge in [0.1, 0.15) is 0 Å². The molecule has 0 spiro atoms. The normalized spacial score (nSPS) is 12.3. The maximum absolute atomic E-state index is 7.75. The maximum Gasteiger partial charge on any atom is 0.0559 e. The van der Waals surface area contributed by atoms with Crippen LogP contribution in [0.3, 0.4) is 0 Å². The van der Waals surface area contributed by atoms with Crippen molar-refractivity contribution >= 4 is 0 Å². The van der Waals surface area contributed by atoms with Crippen molar-refractivity contribution in [3.05, 3.63) is 0 Å². The van der Waals surface area contributed by atoms with Gasteiger partial charge in [-0.1, -0.05) is 0 Å². The molecular weight excluding hydrogens is 298 g/mol. The fourth-order valence-corrected chi connectivity index (χ4v) is 0.293. The van der Waals surface area contributed by atoms with Gasteiger partial charge in [-0.2, -0.15) is 5.53 Å². The Balaban J connectivity index is 4.08. The number of hydrogen-bond acceptors (Lipinski definition) is 11. The molecule has 0 bridgehead atoms. The molecule has 3 N–H and O–H groups in total. The summed E-state index contributed by atoms with van der Waals surface area (Å²) < 4.78 is 0. The van der Waals surface area contributed by atoms with Crippen LogP contribution >= 0.6 is 0 Å². The van der Waals surface area contributed by atoms with Crippen LogP contribution < -0.4 is 0 Å². The zero-order valence-corrected chi connectivity index (χ0v) is 8.72. The molecule has 112 valence electrons. The molecule has 0 heterocycles. The highest BCUT2D eigenvalue weighted by Gasteiger charge is 2.07. The summed E-state index contributed by atoms with van der Waals surface area (Å²) in [7, 11) is 0. The van der Waals surface area contributed by atoms with Crippen LogP contribution in [-0.2, 0) is 35.2 Å². The summed E-state index contributed by atoms with van der Waals surface area (Å²) in [5.41, 5.74) is 6.18. The van der Waals surface area contributed by atoms with Crippen molar-refractivity contribution < 1.29 is 45.7 Å². The van der Waals surface area contributed by atoms with E-state index in [4.69, 9.17) is 16.0 Å². The van der Waals surface area contributed by atoms with E-state index in [9.17, 15) is 0 Å². The summed E-state index contributed by atoms with van der Waals surface area (Å²) >= 11 is 0. The molecule has 0 saturated carbocycles. The predicted octanol–water partition coefficient (Wildman–Crippen LogP) is 1.17. The first-order valence-electron chi connectivity index (χ1n) is 3.59. The Hall–Kier alpha value is -2.56. The van der Waals surface area contributed by atoms with Gasteiger partial charge in [0.15, 0.2) is 0 Å². The number of hydrogen-bond donors (Lipinski definition) is 3. The van der Waals surface area contributed by atoms with Crippen LogP contribution in [0.5, 0.6) is 0 Å². The van der Waals surface area contributed by atoms with Crippen molar-refractivity contribution in [3.63, 3.8) is 0 Å². The van der Waals surface area contributed by atoms with Crippen molar-refractivity contribution in [2.75, 3.05) is 0 Å². The molecule has 0 aliphatic rings. The Morgan fingerprint density at radius 2 is 1.25 bits per heavy atom. The minimum absolute atomic E-state index is 0.177. The van der Waals surface area contributed by atoms with Gasteiger partial charge < -0.3 is 0 Å². The molecular formula is H3N11O9. The first-order chi connectivity index (χ1) is 9.85. The van der Waals surface area contributed by atoms with Gasteiger partial charge in [0.25, 0.3) is 0 Å². The molecule has 0 fully saturated rings. The van der Waals surface area contributed by atoms with Gasteiger partial charge in [-0.25, -0.2) is 10.5 Å². The smallest absolute Gasteiger partial charge is 0.0559 e. The summed E-state index contributed by atoms with van der Waals surface area (Å²) in [6.07, 6.45) is 0. The highest BCUT2D eigenvalue weighted by molar-refractivity contribution is 4.09.